The van der Waals surface area contributed by atoms with Crippen LogP contribution in [0.15, 0.2) is 29.8 Å². The van der Waals surface area contributed by atoms with Gasteiger partial charge in [0.1, 0.15) is 16.6 Å². The van der Waals surface area contributed by atoms with Crippen LogP contribution in [0.5, 0.6) is 0 Å². The van der Waals surface area contributed by atoms with Crippen LogP contribution in [-0.2, 0) is 25.5 Å². The van der Waals surface area contributed by atoms with Crippen molar-refractivity contribution in [3.05, 3.63) is 51.4 Å². The molecule has 1 heterocycles. The summed E-state index contributed by atoms with van der Waals surface area (Å²) in [6.45, 7) is 5.09. The third-order valence-electron chi connectivity index (χ3n) is 4.69. The average Bonchev–Trinajstić information content (AvgIpc) is 3.10. The minimum atomic E-state index is -0.911. The van der Waals surface area contributed by atoms with Crippen molar-refractivity contribution in [3.8, 4) is 6.07 Å². The fourth-order valence-corrected chi connectivity index (χ4v) is 4.20. The minimum Gasteiger partial charge on any atom is -0.462 e. The lowest BCUT2D eigenvalue weighted by Crippen LogP contribution is -2.22. The Bertz CT molecular complexity index is 1090. The molecule has 0 spiro atoms. The van der Waals surface area contributed by atoms with Crippen LogP contribution in [0.4, 0.5) is 10.7 Å². The van der Waals surface area contributed by atoms with Gasteiger partial charge in [0.05, 0.1) is 12.2 Å². The fraction of sp³-hybridized carbons (Fsp3) is 0.333. The molecule has 0 atom stereocenters. The van der Waals surface area contributed by atoms with E-state index in [4.69, 9.17) is 9.47 Å². The van der Waals surface area contributed by atoms with Crippen LogP contribution in [-0.4, -0.2) is 45.2 Å². The number of hydrogen-bond donors (Lipinski definition) is 1. The summed E-state index contributed by atoms with van der Waals surface area (Å²) in [6, 6.07) is 9.06. The Kier molecular flexibility index (Phi) is 9.18. The molecule has 174 valence electrons. The molecule has 0 aliphatic heterocycles. The van der Waals surface area contributed by atoms with Crippen LogP contribution in [0.1, 0.15) is 40.2 Å². The molecule has 9 heteroatoms. The van der Waals surface area contributed by atoms with Crippen molar-refractivity contribution in [1.82, 2.24) is 0 Å². The summed E-state index contributed by atoms with van der Waals surface area (Å²) in [7, 11) is 3.81. The number of nitrogens with zero attached hydrogens (tertiary/aromatic N) is 2. The molecule has 1 amide bonds. The summed E-state index contributed by atoms with van der Waals surface area (Å²) in [5, 5.41) is 12.3. The van der Waals surface area contributed by atoms with Gasteiger partial charge in [-0.1, -0.05) is 19.1 Å². The van der Waals surface area contributed by atoms with Crippen LogP contribution < -0.4 is 10.2 Å². The van der Waals surface area contributed by atoms with E-state index in [1.54, 1.807) is 25.1 Å². The summed E-state index contributed by atoms with van der Waals surface area (Å²) >= 11 is 1.26. The van der Waals surface area contributed by atoms with Crippen LogP contribution in [0.25, 0.3) is 6.08 Å². The Hall–Kier alpha value is -3.64. The molecular formula is C24H27N3O5S. The molecule has 0 aliphatic carbocycles. The van der Waals surface area contributed by atoms with E-state index in [2.05, 4.69) is 5.32 Å². The van der Waals surface area contributed by atoms with E-state index in [9.17, 15) is 19.6 Å². The Balaban J connectivity index is 2.07. The zero-order valence-corrected chi connectivity index (χ0v) is 20.2. The molecule has 1 aromatic carbocycles. The highest BCUT2D eigenvalue weighted by Crippen LogP contribution is 2.34. The minimum absolute atomic E-state index is 0.211. The molecule has 0 bridgehead atoms. The monoisotopic (exact) mass is 469 g/mol. The maximum Gasteiger partial charge on any atom is 0.349 e. The lowest BCUT2D eigenvalue weighted by molar-refractivity contribution is -0.142. The smallest absolute Gasteiger partial charge is 0.349 e. The number of thiophene rings is 1. The first-order valence-electron chi connectivity index (χ1n) is 10.4. The summed E-state index contributed by atoms with van der Waals surface area (Å²) in [5.74, 6) is -2.04. The largest absolute Gasteiger partial charge is 0.462 e. The van der Waals surface area contributed by atoms with E-state index in [0.717, 1.165) is 16.1 Å². The highest BCUT2D eigenvalue weighted by atomic mass is 32.1. The zero-order valence-electron chi connectivity index (χ0n) is 19.4. The van der Waals surface area contributed by atoms with Crippen LogP contribution in [0.2, 0.25) is 0 Å². The molecule has 0 unspecified atom stereocenters. The number of amides is 1. The normalized spacial score (nSPS) is 10.8. The second kappa shape index (κ2) is 11.8. The number of rotatable bonds is 9. The third kappa shape index (κ3) is 6.67. The van der Waals surface area contributed by atoms with Crippen molar-refractivity contribution in [2.45, 2.75) is 27.2 Å². The van der Waals surface area contributed by atoms with Crippen molar-refractivity contribution in [1.29, 1.82) is 5.26 Å². The van der Waals surface area contributed by atoms with Crippen molar-refractivity contribution >= 4 is 45.9 Å². The standard InChI is InChI=1S/C24H27N3O5S/c1-6-19-15(3)33-22(21(19)24(30)31-7-2)26-20(28)14-32-23(29)17(13-25)12-16-8-10-18(11-9-16)27(4)5/h8-12H,6-7,14H2,1-5H3,(H,26,28). The van der Waals surface area contributed by atoms with Crippen molar-refractivity contribution in [2.24, 2.45) is 0 Å². The van der Waals surface area contributed by atoms with Gasteiger partial charge in [0.15, 0.2) is 6.61 Å². The number of hydrogen-bond acceptors (Lipinski definition) is 8. The Morgan fingerprint density at radius 2 is 1.82 bits per heavy atom. The fourth-order valence-electron chi connectivity index (χ4n) is 3.06. The molecular weight excluding hydrogens is 442 g/mol. The van der Waals surface area contributed by atoms with Gasteiger partial charge in [0.25, 0.3) is 5.91 Å². The maximum atomic E-state index is 12.4. The molecule has 1 aromatic heterocycles. The first-order chi connectivity index (χ1) is 15.7. The quantitative estimate of drug-likeness (QED) is 0.336. The van der Waals surface area contributed by atoms with Gasteiger partial charge in [0.2, 0.25) is 0 Å². The van der Waals surface area contributed by atoms with Crippen LogP contribution in [0.3, 0.4) is 0 Å². The van der Waals surface area contributed by atoms with Gasteiger partial charge in [-0.3, -0.25) is 4.79 Å². The average molecular weight is 470 g/mol. The lowest BCUT2D eigenvalue weighted by Gasteiger charge is -2.11. The Labute approximate surface area is 197 Å². The van der Waals surface area contributed by atoms with Gasteiger partial charge < -0.3 is 19.7 Å². The van der Waals surface area contributed by atoms with Gasteiger partial charge in [-0.2, -0.15) is 5.26 Å². The Morgan fingerprint density at radius 3 is 2.36 bits per heavy atom. The van der Waals surface area contributed by atoms with E-state index in [-0.39, 0.29) is 12.2 Å². The van der Waals surface area contributed by atoms with Gasteiger partial charge in [0, 0.05) is 24.7 Å². The summed E-state index contributed by atoms with van der Waals surface area (Å²) < 4.78 is 10.1. The number of nitriles is 1. The number of nitrogens with one attached hydrogen (secondary N) is 1. The van der Waals surface area contributed by atoms with Crippen molar-refractivity contribution < 1.29 is 23.9 Å². The van der Waals surface area contributed by atoms with E-state index in [1.807, 2.05) is 45.0 Å². The van der Waals surface area contributed by atoms with E-state index in [1.165, 1.54) is 17.4 Å². The Morgan fingerprint density at radius 1 is 1.15 bits per heavy atom. The predicted octanol–water partition coefficient (Wildman–Crippen LogP) is 3.95. The van der Waals surface area contributed by atoms with Gasteiger partial charge in [-0.25, -0.2) is 9.59 Å². The van der Waals surface area contributed by atoms with E-state index >= 15 is 0 Å². The number of benzene rings is 1. The van der Waals surface area contributed by atoms with Crippen LogP contribution >= 0.6 is 11.3 Å². The summed E-state index contributed by atoms with van der Waals surface area (Å²) in [6.07, 6.45) is 2.00. The topological polar surface area (TPSA) is 109 Å². The molecule has 0 aliphatic rings. The number of anilines is 2. The van der Waals surface area contributed by atoms with Gasteiger partial charge >= 0.3 is 11.9 Å². The van der Waals surface area contributed by atoms with Gasteiger partial charge in [-0.05, 0) is 49.6 Å². The molecule has 2 aromatic rings. The molecule has 0 saturated heterocycles. The molecule has 1 N–H and O–H groups in total. The number of ether oxygens (including phenoxy) is 2. The molecule has 2 rings (SSSR count). The number of carbonyl (C=O) groups is 3. The summed E-state index contributed by atoms with van der Waals surface area (Å²) in [5.41, 5.74) is 2.52. The second-order valence-corrected chi connectivity index (χ2v) is 8.42. The zero-order chi connectivity index (χ0) is 24.5. The lowest BCUT2D eigenvalue weighted by atomic mass is 10.1. The summed E-state index contributed by atoms with van der Waals surface area (Å²) in [4.78, 5) is 39.9. The van der Waals surface area contributed by atoms with Crippen molar-refractivity contribution in [2.75, 3.05) is 37.5 Å². The van der Waals surface area contributed by atoms with Crippen molar-refractivity contribution in [3.63, 3.8) is 0 Å². The first kappa shape index (κ1) is 25.6. The molecule has 0 saturated carbocycles. The SMILES string of the molecule is CCOC(=O)c1c(NC(=O)COC(=O)C(C#N)=Cc2ccc(N(C)C)cc2)sc(C)c1CC. The first-order valence-corrected chi connectivity index (χ1v) is 11.2. The van der Waals surface area contributed by atoms with E-state index < -0.39 is 24.5 Å². The number of aryl methyl sites for hydroxylation is 1. The van der Waals surface area contributed by atoms with Gasteiger partial charge in [-0.15, -0.1) is 11.3 Å². The second-order valence-electron chi connectivity index (χ2n) is 7.20. The third-order valence-corrected chi connectivity index (χ3v) is 5.75. The number of esters is 2. The number of carbonyl (C=O) groups excluding carboxylic acids is 3. The predicted molar refractivity (Wildman–Crippen MR) is 128 cm³/mol. The van der Waals surface area contributed by atoms with Crippen LogP contribution in [0, 0.1) is 18.3 Å². The highest BCUT2D eigenvalue weighted by molar-refractivity contribution is 7.16. The maximum absolute atomic E-state index is 12.4. The molecule has 33 heavy (non-hydrogen) atoms. The molecule has 0 radical (unpaired) electrons. The molecule has 0 fully saturated rings. The highest BCUT2D eigenvalue weighted by Gasteiger charge is 2.24. The molecule has 8 nitrogen and oxygen atoms in total. The van der Waals surface area contributed by atoms with E-state index in [0.29, 0.717) is 22.5 Å².